The summed E-state index contributed by atoms with van der Waals surface area (Å²) in [7, 11) is 0. The Morgan fingerprint density at radius 3 is 1.92 bits per heavy atom. The Labute approximate surface area is 225 Å². The van der Waals surface area contributed by atoms with Crippen LogP contribution in [-0.2, 0) is 0 Å². The molecule has 0 amide bonds. The van der Waals surface area contributed by atoms with Gasteiger partial charge in [-0.15, -0.1) is 0 Å². The molecule has 0 atom stereocenters. The van der Waals surface area contributed by atoms with E-state index in [4.69, 9.17) is 9.97 Å². The van der Waals surface area contributed by atoms with Crippen molar-refractivity contribution in [2.45, 2.75) is 0 Å². The molecule has 0 saturated heterocycles. The van der Waals surface area contributed by atoms with Crippen molar-refractivity contribution in [3.8, 4) is 28.2 Å². The van der Waals surface area contributed by atoms with Gasteiger partial charge in [0.15, 0.2) is 0 Å². The number of hydrogen-bond acceptors (Lipinski definition) is 2. The number of fused-ring (bicyclic) bond motifs is 8. The number of pyridine rings is 2. The van der Waals surface area contributed by atoms with Gasteiger partial charge >= 0.3 is 0 Å². The number of para-hydroxylation sites is 1. The van der Waals surface area contributed by atoms with Gasteiger partial charge in [-0.1, -0.05) is 103 Å². The fraction of sp³-hybridized carbons (Fsp3) is 0. The van der Waals surface area contributed by atoms with Gasteiger partial charge in [-0.05, 0) is 46.8 Å². The number of hydrogen-bond donors (Lipinski definition) is 0. The van der Waals surface area contributed by atoms with E-state index in [2.05, 4.69) is 126 Å². The van der Waals surface area contributed by atoms with Gasteiger partial charge in [-0.3, -0.25) is 9.55 Å². The van der Waals surface area contributed by atoms with E-state index in [0.29, 0.717) is 0 Å². The summed E-state index contributed by atoms with van der Waals surface area (Å²) in [6.45, 7) is 0. The Bertz CT molecular complexity index is 2100. The van der Waals surface area contributed by atoms with Crippen molar-refractivity contribution in [1.29, 1.82) is 0 Å². The lowest BCUT2D eigenvalue weighted by atomic mass is 10.00. The average molecular weight is 498 g/mol. The number of nitrogens with zero attached hydrogens (tertiary/aromatic N) is 3. The molecule has 0 aliphatic heterocycles. The van der Waals surface area contributed by atoms with E-state index in [1.165, 1.54) is 21.5 Å². The van der Waals surface area contributed by atoms with Crippen molar-refractivity contribution in [2.24, 2.45) is 0 Å². The van der Waals surface area contributed by atoms with E-state index in [-0.39, 0.29) is 0 Å². The summed E-state index contributed by atoms with van der Waals surface area (Å²) >= 11 is 0. The molecule has 0 radical (unpaired) electrons. The zero-order valence-electron chi connectivity index (χ0n) is 21.1. The van der Waals surface area contributed by atoms with Crippen LogP contribution in [0.1, 0.15) is 0 Å². The lowest BCUT2D eigenvalue weighted by Crippen LogP contribution is -2.00. The highest BCUT2D eigenvalue weighted by Gasteiger charge is 2.20. The van der Waals surface area contributed by atoms with Gasteiger partial charge in [0.05, 0.1) is 22.2 Å². The monoisotopic (exact) mass is 497 g/mol. The lowest BCUT2D eigenvalue weighted by molar-refractivity contribution is 1.09. The van der Waals surface area contributed by atoms with Crippen LogP contribution in [0.15, 0.2) is 140 Å². The van der Waals surface area contributed by atoms with E-state index >= 15 is 0 Å². The van der Waals surface area contributed by atoms with Crippen molar-refractivity contribution in [3.63, 3.8) is 0 Å². The summed E-state index contributed by atoms with van der Waals surface area (Å²) in [6, 6.07) is 46.9. The van der Waals surface area contributed by atoms with Crippen LogP contribution in [0.4, 0.5) is 0 Å². The Hall–Kier alpha value is -5.28. The van der Waals surface area contributed by atoms with Crippen LogP contribution >= 0.6 is 0 Å². The van der Waals surface area contributed by atoms with Crippen LogP contribution in [0.3, 0.4) is 0 Å². The summed E-state index contributed by atoms with van der Waals surface area (Å²) in [5, 5.41) is 5.93. The SMILES string of the molecule is c1ccc(-c2cc(-c3ccccc3)nc(-n3c4ccccc4c4c5ccccc5c5ncccc5c43)c2)cc1. The smallest absolute Gasteiger partial charge is 0.138 e. The van der Waals surface area contributed by atoms with E-state index < -0.39 is 0 Å². The maximum absolute atomic E-state index is 5.30. The van der Waals surface area contributed by atoms with E-state index in [1.54, 1.807) is 0 Å². The van der Waals surface area contributed by atoms with Gasteiger partial charge in [0.25, 0.3) is 0 Å². The highest BCUT2D eigenvalue weighted by atomic mass is 15.1. The lowest BCUT2D eigenvalue weighted by Gasteiger charge is -2.14. The quantitative estimate of drug-likeness (QED) is 0.228. The van der Waals surface area contributed by atoms with Crippen LogP contribution in [-0.4, -0.2) is 14.5 Å². The molecule has 3 aromatic heterocycles. The first kappa shape index (κ1) is 21.8. The molecule has 0 spiro atoms. The van der Waals surface area contributed by atoms with Gasteiger partial charge in [0, 0.05) is 33.3 Å². The molecule has 3 nitrogen and oxygen atoms in total. The first-order chi connectivity index (χ1) is 19.4. The Morgan fingerprint density at radius 2 is 1.13 bits per heavy atom. The van der Waals surface area contributed by atoms with Crippen molar-refractivity contribution >= 4 is 43.5 Å². The topological polar surface area (TPSA) is 30.7 Å². The highest BCUT2D eigenvalue weighted by Crippen LogP contribution is 2.42. The molecular formula is C36H23N3. The molecule has 0 aliphatic rings. The molecule has 0 bridgehead atoms. The number of rotatable bonds is 3. The third-order valence-electron chi connectivity index (χ3n) is 7.61. The summed E-state index contributed by atoms with van der Waals surface area (Å²) in [5.41, 5.74) is 7.60. The van der Waals surface area contributed by atoms with Crippen LogP contribution in [0.2, 0.25) is 0 Å². The molecule has 0 unspecified atom stereocenters. The zero-order chi connectivity index (χ0) is 25.8. The van der Waals surface area contributed by atoms with Crippen molar-refractivity contribution < 1.29 is 0 Å². The molecule has 0 fully saturated rings. The van der Waals surface area contributed by atoms with Crippen molar-refractivity contribution in [3.05, 3.63) is 140 Å². The van der Waals surface area contributed by atoms with Gasteiger partial charge in [0.1, 0.15) is 5.82 Å². The standard InChI is InChI=1S/C36H23N3/c1-3-12-24(13-4-1)26-22-31(25-14-5-2-6-15-25)38-33(23-26)39-32-20-10-9-18-29(32)34-27-16-7-8-17-28(27)35-30(36(34)39)19-11-21-37-35/h1-23H. The molecular weight excluding hydrogens is 474 g/mol. The van der Waals surface area contributed by atoms with Crippen LogP contribution in [0, 0.1) is 0 Å². The first-order valence-corrected chi connectivity index (χ1v) is 13.2. The fourth-order valence-corrected chi connectivity index (χ4v) is 5.91. The van der Waals surface area contributed by atoms with Crippen LogP contribution in [0.25, 0.3) is 71.7 Å². The Kier molecular flexibility index (Phi) is 4.82. The second-order valence-electron chi connectivity index (χ2n) is 9.85. The normalized spacial score (nSPS) is 11.6. The van der Waals surface area contributed by atoms with E-state index in [0.717, 1.165) is 50.1 Å². The second-order valence-corrected chi connectivity index (χ2v) is 9.85. The largest absolute Gasteiger partial charge is 0.293 e. The Balaban J connectivity index is 1.57. The Morgan fingerprint density at radius 1 is 0.487 bits per heavy atom. The van der Waals surface area contributed by atoms with Gasteiger partial charge in [0.2, 0.25) is 0 Å². The summed E-state index contributed by atoms with van der Waals surface area (Å²) < 4.78 is 2.33. The molecule has 8 rings (SSSR count). The average Bonchev–Trinajstić information content (AvgIpc) is 3.38. The van der Waals surface area contributed by atoms with Crippen LogP contribution < -0.4 is 0 Å². The fourth-order valence-electron chi connectivity index (χ4n) is 5.91. The molecule has 3 heterocycles. The minimum atomic E-state index is 0.891. The second kappa shape index (κ2) is 8.64. The molecule has 0 saturated carbocycles. The third kappa shape index (κ3) is 3.37. The van der Waals surface area contributed by atoms with Crippen molar-refractivity contribution in [1.82, 2.24) is 14.5 Å². The van der Waals surface area contributed by atoms with E-state index in [1.807, 2.05) is 18.3 Å². The predicted octanol–water partition coefficient (Wildman–Crippen LogP) is 9.21. The molecule has 39 heavy (non-hydrogen) atoms. The minimum Gasteiger partial charge on any atom is -0.293 e. The predicted molar refractivity (Wildman–Crippen MR) is 162 cm³/mol. The molecule has 5 aromatic carbocycles. The summed E-state index contributed by atoms with van der Waals surface area (Å²) in [4.78, 5) is 10.2. The van der Waals surface area contributed by atoms with E-state index in [9.17, 15) is 0 Å². The maximum Gasteiger partial charge on any atom is 0.138 e. The molecule has 0 N–H and O–H groups in total. The molecule has 8 aromatic rings. The number of benzene rings is 5. The van der Waals surface area contributed by atoms with Crippen molar-refractivity contribution in [2.75, 3.05) is 0 Å². The molecule has 3 heteroatoms. The van der Waals surface area contributed by atoms with Gasteiger partial charge in [-0.2, -0.15) is 0 Å². The summed E-state index contributed by atoms with van der Waals surface area (Å²) in [6.07, 6.45) is 1.88. The molecule has 182 valence electrons. The van der Waals surface area contributed by atoms with Gasteiger partial charge < -0.3 is 0 Å². The third-order valence-corrected chi connectivity index (χ3v) is 7.61. The maximum atomic E-state index is 5.30. The highest BCUT2D eigenvalue weighted by molar-refractivity contribution is 6.31. The zero-order valence-corrected chi connectivity index (χ0v) is 21.1. The van der Waals surface area contributed by atoms with Crippen LogP contribution in [0.5, 0.6) is 0 Å². The minimum absolute atomic E-state index is 0.891. The van der Waals surface area contributed by atoms with Gasteiger partial charge in [-0.25, -0.2) is 4.98 Å². The molecule has 0 aliphatic carbocycles. The first-order valence-electron chi connectivity index (χ1n) is 13.2. The summed E-state index contributed by atoms with van der Waals surface area (Å²) in [5.74, 6) is 0.891. The number of aromatic nitrogens is 3.